The van der Waals surface area contributed by atoms with Crippen molar-refractivity contribution in [1.82, 2.24) is 5.32 Å². The minimum Gasteiger partial charge on any atom is -0.316 e. The van der Waals surface area contributed by atoms with Gasteiger partial charge in [-0.15, -0.1) is 12.4 Å². The Bertz CT molecular complexity index is 232. The highest BCUT2D eigenvalue weighted by molar-refractivity contribution is 7.91. The van der Waals surface area contributed by atoms with Crippen molar-refractivity contribution in [2.45, 2.75) is 6.42 Å². The molecule has 1 N–H and O–H groups in total. The molecule has 2 aliphatic heterocycles. The molecule has 2 fully saturated rings. The lowest BCUT2D eigenvalue weighted by molar-refractivity contribution is 0.318. The second-order valence-corrected chi connectivity index (χ2v) is 5.74. The van der Waals surface area contributed by atoms with Gasteiger partial charge in [0.05, 0.1) is 11.5 Å². The van der Waals surface area contributed by atoms with Crippen LogP contribution < -0.4 is 5.32 Å². The van der Waals surface area contributed by atoms with Crippen molar-refractivity contribution in [1.29, 1.82) is 0 Å². The molecular weight excluding hydrogens is 198 g/mol. The summed E-state index contributed by atoms with van der Waals surface area (Å²) >= 11 is 0. The lowest BCUT2D eigenvalue weighted by atomic mass is 9.90. The zero-order valence-electron chi connectivity index (χ0n) is 6.82. The highest BCUT2D eigenvalue weighted by Crippen LogP contribution is 2.29. The maximum absolute atomic E-state index is 11.2. The van der Waals surface area contributed by atoms with Crippen LogP contribution in [0.15, 0.2) is 0 Å². The Morgan fingerprint density at radius 3 is 2.50 bits per heavy atom. The van der Waals surface area contributed by atoms with E-state index in [1.54, 1.807) is 0 Å². The van der Waals surface area contributed by atoms with Crippen LogP contribution in [0, 0.1) is 11.8 Å². The highest BCUT2D eigenvalue weighted by Gasteiger charge is 2.38. The lowest BCUT2D eigenvalue weighted by Crippen LogP contribution is -2.35. The third kappa shape index (κ3) is 1.92. The molecule has 0 aromatic carbocycles. The van der Waals surface area contributed by atoms with E-state index in [0.717, 1.165) is 19.5 Å². The summed E-state index contributed by atoms with van der Waals surface area (Å²) in [7, 11) is -2.67. The van der Waals surface area contributed by atoms with E-state index >= 15 is 0 Å². The van der Waals surface area contributed by atoms with Crippen LogP contribution in [0.5, 0.6) is 0 Å². The van der Waals surface area contributed by atoms with E-state index in [9.17, 15) is 8.42 Å². The summed E-state index contributed by atoms with van der Waals surface area (Å²) in [5.74, 6) is 1.74. The summed E-state index contributed by atoms with van der Waals surface area (Å²) in [5, 5.41) is 3.23. The van der Waals surface area contributed by atoms with E-state index in [1.165, 1.54) is 0 Å². The summed E-state index contributed by atoms with van der Waals surface area (Å²) in [6, 6.07) is 0. The average Bonchev–Trinajstić information content (AvgIpc) is 2.21. The summed E-state index contributed by atoms with van der Waals surface area (Å²) in [6.45, 7) is 1.90. The van der Waals surface area contributed by atoms with Crippen LogP contribution in [0.4, 0.5) is 0 Å². The number of fused-ring (bicyclic) bond motifs is 1. The Labute approximate surface area is 79.2 Å². The van der Waals surface area contributed by atoms with Crippen LogP contribution in [-0.4, -0.2) is 33.0 Å². The van der Waals surface area contributed by atoms with Gasteiger partial charge in [-0.25, -0.2) is 8.42 Å². The zero-order chi connectivity index (χ0) is 7.90. The molecule has 2 aliphatic rings. The first-order valence-corrected chi connectivity index (χ1v) is 5.91. The molecule has 12 heavy (non-hydrogen) atoms. The van der Waals surface area contributed by atoms with Crippen molar-refractivity contribution >= 4 is 22.2 Å². The van der Waals surface area contributed by atoms with Crippen molar-refractivity contribution in [3.05, 3.63) is 0 Å². The number of hydrogen-bond acceptors (Lipinski definition) is 3. The fraction of sp³-hybridized carbons (Fsp3) is 1.00. The minimum atomic E-state index is -2.67. The van der Waals surface area contributed by atoms with Gasteiger partial charge in [0.2, 0.25) is 0 Å². The van der Waals surface area contributed by atoms with Gasteiger partial charge in [0.1, 0.15) is 0 Å². The van der Waals surface area contributed by atoms with Gasteiger partial charge in [0, 0.05) is 0 Å². The van der Waals surface area contributed by atoms with Crippen LogP contribution in [-0.2, 0) is 9.84 Å². The van der Waals surface area contributed by atoms with E-state index in [0.29, 0.717) is 23.3 Å². The van der Waals surface area contributed by atoms with Crippen LogP contribution >= 0.6 is 12.4 Å². The molecule has 0 aliphatic carbocycles. The topological polar surface area (TPSA) is 46.2 Å². The Balaban J connectivity index is 0.000000720. The predicted molar refractivity (Wildman–Crippen MR) is 50.4 cm³/mol. The molecule has 3 nitrogen and oxygen atoms in total. The van der Waals surface area contributed by atoms with Gasteiger partial charge in [0.15, 0.2) is 9.84 Å². The maximum Gasteiger partial charge on any atom is 0.150 e. The van der Waals surface area contributed by atoms with Gasteiger partial charge in [-0.05, 0) is 31.3 Å². The number of rotatable bonds is 0. The van der Waals surface area contributed by atoms with Gasteiger partial charge in [-0.3, -0.25) is 0 Å². The lowest BCUT2D eigenvalue weighted by Gasteiger charge is -2.23. The normalized spacial score (nSPS) is 38.3. The van der Waals surface area contributed by atoms with Crippen LogP contribution in [0.1, 0.15) is 6.42 Å². The zero-order valence-corrected chi connectivity index (χ0v) is 8.46. The first-order valence-electron chi connectivity index (χ1n) is 4.08. The Hall–Kier alpha value is 0.200. The van der Waals surface area contributed by atoms with Gasteiger partial charge in [-0.1, -0.05) is 0 Å². The van der Waals surface area contributed by atoms with E-state index in [-0.39, 0.29) is 12.4 Å². The molecule has 2 atom stereocenters. The molecular formula is C7H14ClNO2S. The highest BCUT2D eigenvalue weighted by atomic mass is 35.5. The molecule has 2 saturated heterocycles. The van der Waals surface area contributed by atoms with Crippen molar-refractivity contribution < 1.29 is 8.42 Å². The molecule has 0 saturated carbocycles. The molecule has 5 heteroatoms. The number of nitrogens with one attached hydrogen (secondary N) is 1. The summed E-state index contributed by atoms with van der Waals surface area (Å²) in [4.78, 5) is 0. The Morgan fingerprint density at radius 1 is 1.17 bits per heavy atom. The quantitative estimate of drug-likeness (QED) is 0.617. The van der Waals surface area contributed by atoms with Gasteiger partial charge in [0.25, 0.3) is 0 Å². The fourth-order valence-corrected chi connectivity index (χ4v) is 4.38. The molecule has 0 amide bonds. The predicted octanol–water partition coefficient (Wildman–Crippen LogP) is 0.0623. The maximum atomic E-state index is 11.2. The number of piperidine rings is 1. The largest absolute Gasteiger partial charge is 0.316 e. The smallest absolute Gasteiger partial charge is 0.150 e. The molecule has 2 heterocycles. The van der Waals surface area contributed by atoms with Crippen molar-refractivity contribution in [3.63, 3.8) is 0 Å². The van der Waals surface area contributed by atoms with Crippen LogP contribution in [0.25, 0.3) is 0 Å². The number of halogens is 1. The third-order valence-corrected chi connectivity index (χ3v) is 4.57. The van der Waals surface area contributed by atoms with Crippen molar-refractivity contribution in [3.8, 4) is 0 Å². The minimum absolute atomic E-state index is 0. The van der Waals surface area contributed by atoms with Gasteiger partial charge in [-0.2, -0.15) is 0 Å². The average molecular weight is 212 g/mol. The fourth-order valence-electron chi connectivity index (χ4n) is 2.11. The van der Waals surface area contributed by atoms with Gasteiger partial charge < -0.3 is 5.32 Å². The molecule has 0 bridgehead atoms. The first kappa shape index (κ1) is 10.3. The van der Waals surface area contributed by atoms with Crippen LogP contribution in [0.2, 0.25) is 0 Å². The molecule has 2 rings (SSSR count). The van der Waals surface area contributed by atoms with Gasteiger partial charge >= 0.3 is 0 Å². The molecule has 0 aromatic rings. The second-order valence-electron chi connectivity index (χ2n) is 3.59. The molecule has 72 valence electrons. The van der Waals surface area contributed by atoms with Crippen molar-refractivity contribution in [2.24, 2.45) is 11.8 Å². The standard InChI is InChI=1S/C7H13NO2S.ClH/c9-11(10)4-6-1-2-8-3-7(6)5-11;/h6-8H,1-5H2;1H/t6-,7+;/m0./s1. The second kappa shape index (κ2) is 3.52. The van der Waals surface area contributed by atoms with Crippen LogP contribution in [0.3, 0.4) is 0 Å². The van der Waals surface area contributed by atoms with E-state index < -0.39 is 9.84 Å². The SMILES string of the molecule is Cl.O=S1(=O)C[C@H]2CNCC[C@H]2C1. The summed E-state index contributed by atoms with van der Waals surface area (Å²) < 4.78 is 22.3. The first-order chi connectivity index (χ1) is 5.17. The van der Waals surface area contributed by atoms with E-state index in [2.05, 4.69) is 5.32 Å². The Kier molecular flexibility index (Phi) is 3.01. The molecule has 0 aromatic heterocycles. The molecule has 0 spiro atoms. The third-order valence-electron chi connectivity index (χ3n) is 2.70. The Morgan fingerprint density at radius 2 is 1.83 bits per heavy atom. The monoisotopic (exact) mass is 211 g/mol. The molecule has 0 radical (unpaired) electrons. The number of hydrogen-bond donors (Lipinski definition) is 1. The van der Waals surface area contributed by atoms with E-state index in [4.69, 9.17) is 0 Å². The summed E-state index contributed by atoms with van der Waals surface area (Å²) in [5.41, 5.74) is 0. The summed E-state index contributed by atoms with van der Waals surface area (Å²) in [6.07, 6.45) is 1.05. The molecule has 0 unspecified atom stereocenters. The van der Waals surface area contributed by atoms with Crippen molar-refractivity contribution in [2.75, 3.05) is 24.6 Å². The van der Waals surface area contributed by atoms with E-state index in [1.807, 2.05) is 0 Å². The number of sulfone groups is 1.